The van der Waals surface area contributed by atoms with Crippen LogP contribution in [0, 0.1) is 13.8 Å². The first-order valence-corrected chi connectivity index (χ1v) is 10.1. The number of rotatable bonds is 7. The number of hydrogen-bond donors (Lipinski definition) is 1. The first-order chi connectivity index (χ1) is 15.0. The standard InChI is InChI=1S/C24H23N5O2/c1-17-22(18(2)29(27-17)21-7-4-3-5-8-21)23(30)24(31)25-15-13-19-9-11-20(12-10-19)28-16-6-14-26-28/h3-12,14,16H,13,15H2,1-2H3,(H,25,31). The van der Waals surface area contributed by atoms with Gasteiger partial charge in [0.15, 0.2) is 0 Å². The SMILES string of the molecule is Cc1nn(-c2ccccc2)c(C)c1C(=O)C(=O)NCCc1ccc(-n2cccn2)cc1. The van der Waals surface area contributed by atoms with E-state index in [-0.39, 0.29) is 0 Å². The monoisotopic (exact) mass is 413 g/mol. The molecule has 0 saturated heterocycles. The lowest BCUT2D eigenvalue weighted by Gasteiger charge is -2.07. The van der Waals surface area contributed by atoms with Gasteiger partial charge in [-0.25, -0.2) is 9.36 Å². The first-order valence-electron chi connectivity index (χ1n) is 10.1. The van der Waals surface area contributed by atoms with Gasteiger partial charge in [0.1, 0.15) is 0 Å². The molecule has 2 aromatic heterocycles. The molecule has 1 amide bonds. The summed E-state index contributed by atoms with van der Waals surface area (Å²) in [5.74, 6) is -1.18. The zero-order valence-electron chi connectivity index (χ0n) is 17.4. The van der Waals surface area contributed by atoms with Gasteiger partial charge in [0.2, 0.25) is 0 Å². The number of Topliss-reactive ketones (excluding diaryl/α,β-unsaturated/α-hetero) is 1. The van der Waals surface area contributed by atoms with Crippen LogP contribution in [0.4, 0.5) is 0 Å². The van der Waals surface area contributed by atoms with Crippen molar-refractivity contribution in [2.24, 2.45) is 0 Å². The van der Waals surface area contributed by atoms with Crippen LogP contribution in [0.1, 0.15) is 27.3 Å². The molecule has 0 aliphatic heterocycles. The van der Waals surface area contributed by atoms with Crippen molar-refractivity contribution in [1.29, 1.82) is 0 Å². The summed E-state index contributed by atoms with van der Waals surface area (Å²) in [6, 6.07) is 19.3. The molecule has 0 radical (unpaired) electrons. The highest BCUT2D eigenvalue weighted by atomic mass is 16.2. The van der Waals surface area contributed by atoms with Crippen molar-refractivity contribution in [3.05, 3.63) is 95.6 Å². The van der Waals surface area contributed by atoms with Crippen LogP contribution in [0.2, 0.25) is 0 Å². The minimum atomic E-state index is -0.619. The maximum atomic E-state index is 12.8. The second-order valence-electron chi connectivity index (χ2n) is 7.25. The summed E-state index contributed by atoms with van der Waals surface area (Å²) in [5.41, 5.74) is 4.42. The third-order valence-corrected chi connectivity index (χ3v) is 5.13. The average Bonchev–Trinajstić information content (AvgIpc) is 3.42. The minimum absolute atomic E-state index is 0.352. The predicted octanol–water partition coefficient (Wildman–Crippen LogP) is 3.22. The molecule has 0 bridgehead atoms. The van der Waals surface area contributed by atoms with Crippen LogP contribution in [0.25, 0.3) is 11.4 Å². The Hall–Kier alpha value is -4.00. The number of carbonyl (C=O) groups is 2. The fraction of sp³-hybridized carbons (Fsp3) is 0.167. The quantitative estimate of drug-likeness (QED) is 0.373. The lowest BCUT2D eigenvalue weighted by molar-refractivity contribution is -0.116. The topological polar surface area (TPSA) is 81.8 Å². The second kappa shape index (κ2) is 8.79. The van der Waals surface area contributed by atoms with E-state index >= 15 is 0 Å². The summed E-state index contributed by atoms with van der Waals surface area (Å²) in [6.07, 6.45) is 4.23. The summed E-state index contributed by atoms with van der Waals surface area (Å²) in [5, 5.41) is 11.4. The van der Waals surface area contributed by atoms with Crippen molar-refractivity contribution in [1.82, 2.24) is 24.9 Å². The Labute approximate surface area is 180 Å². The van der Waals surface area contributed by atoms with Gasteiger partial charge in [-0.05, 0) is 56.2 Å². The Morgan fingerprint density at radius 3 is 2.35 bits per heavy atom. The Kier molecular flexibility index (Phi) is 5.75. The molecule has 2 heterocycles. The number of amides is 1. The summed E-state index contributed by atoms with van der Waals surface area (Å²) in [4.78, 5) is 25.3. The Morgan fingerprint density at radius 2 is 1.68 bits per heavy atom. The van der Waals surface area contributed by atoms with Crippen molar-refractivity contribution in [2.45, 2.75) is 20.3 Å². The normalized spacial score (nSPS) is 10.8. The van der Waals surface area contributed by atoms with Crippen molar-refractivity contribution in [2.75, 3.05) is 6.54 Å². The van der Waals surface area contributed by atoms with Crippen LogP contribution in [-0.2, 0) is 11.2 Å². The molecule has 0 saturated carbocycles. The molecular formula is C24H23N5O2. The Bertz CT molecular complexity index is 1190. The third kappa shape index (κ3) is 4.30. The number of nitrogens with one attached hydrogen (secondary N) is 1. The predicted molar refractivity (Wildman–Crippen MR) is 118 cm³/mol. The van der Waals surface area contributed by atoms with Crippen LogP contribution in [-0.4, -0.2) is 37.8 Å². The molecule has 0 unspecified atom stereocenters. The summed E-state index contributed by atoms with van der Waals surface area (Å²) in [7, 11) is 0. The highest BCUT2D eigenvalue weighted by molar-refractivity contribution is 6.43. The van der Waals surface area contributed by atoms with E-state index in [4.69, 9.17) is 0 Å². The molecule has 7 heteroatoms. The van der Waals surface area contributed by atoms with Gasteiger partial charge < -0.3 is 5.32 Å². The van der Waals surface area contributed by atoms with Crippen molar-refractivity contribution >= 4 is 11.7 Å². The molecule has 0 aliphatic carbocycles. The molecule has 31 heavy (non-hydrogen) atoms. The lowest BCUT2D eigenvalue weighted by Crippen LogP contribution is -2.33. The maximum Gasteiger partial charge on any atom is 0.292 e. The van der Waals surface area contributed by atoms with E-state index in [1.54, 1.807) is 29.4 Å². The van der Waals surface area contributed by atoms with E-state index in [0.29, 0.717) is 29.9 Å². The zero-order chi connectivity index (χ0) is 21.8. The number of carbonyl (C=O) groups excluding carboxylic acids is 2. The Balaban J connectivity index is 1.38. The maximum absolute atomic E-state index is 12.8. The second-order valence-corrected chi connectivity index (χ2v) is 7.25. The average molecular weight is 413 g/mol. The van der Waals surface area contributed by atoms with E-state index in [9.17, 15) is 9.59 Å². The van der Waals surface area contributed by atoms with Crippen LogP contribution in [0.3, 0.4) is 0 Å². The highest BCUT2D eigenvalue weighted by Gasteiger charge is 2.24. The number of aryl methyl sites for hydroxylation is 1. The molecular weight excluding hydrogens is 390 g/mol. The Morgan fingerprint density at radius 1 is 0.935 bits per heavy atom. The van der Waals surface area contributed by atoms with Gasteiger partial charge in [-0.3, -0.25) is 9.59 Å². The number of ketones is 1. The molecule has 2 aromatic carbocycles. The molecule has 1 N–H and O–H groups in total. The van der Waals surface area contributed by atoms with Crippen LogP contribution in [0.15, 0.2) is 73.1 Å². The van der Waals surface area contributed by atoms with Crippen LogP contribution < -0.4 is 5.32 Å². The molecule has 156 valence electrons. The summed E-state index contributed by atoms with van der Waals surface area (Å²) < 4.78 is 3.47. The number of hydrogen-bond acceptors (Lipinski definition) is 4. The molecule has 0 spiro atoms. The highest BCUT2D eigenvalue weighted by Crippen LogP contribution is 2.18. The minimum Gasteiger partial charge on any atom is -0.349 e. The molecule has 0 aliphatic rings. The van der Waals surface area contributed by atoms with E-state index in [1.165, 1.54) is 0 Å². The van der Waals surface area contributed by atoms with E-state index in [1.807, 2.05) is 66.9 Å². The summed E-state index contributed by atoms with van der Waals surface area (Å²) in [6.45, 7) is 3.92. The van der Waals surface area contributed by atoms with Crippen LogP contribution in [0.5, 0.6) is 0 Å². The van der Waals surface area contributed by atoms with E-state index in [2.05, 4.69) is 15.5 Å². The van der Waals surface area contributed by atoms with Gasteiger partial charge >= 0.3 is 0 Å². The van der Waals surface area contributed by atoms with Crippen molar-refractivity contribution in [3.63, 3.8) is 0 Å². The smallest absolute Gasteiger partial charge is 0.292 e. The zero-order valence-corrected chi connectivity index (χ0v) is 17.4. The molecule has 4 aromatic rings. The van der Waals surface area contributed by atoms with Gasteiger partial charge in [0.25, 0.3) is 11.7 Å². The molecule has 0 atom stereocenters. The third-order valence-electron chi connectivity index (χ3n) is 5.13. The number of para-hydroxylation sites is 1. The van der Waals surface area contributed by atoms with Crippen molar-refractivity contribution < 1.29 is 9.59 Å². The number of aromatic nitrogens is 4. The largest absolute Gasteiger partial charge is 0.349 e. The van der Waals surface area contributed by atoms with Gasteiger partial charge in [-0.15, -0.1) is 0 Å². The lowest BCUT2D eigenvalue weighted by atomic mass is 10.1. The van der Waals surface area contributed by atoms with Crippen molar-refractivity contribution in [3.8, 4) is 11.4 Å². The van der Waals surface area contributed by atoms with Crippen LogP contribution >= 0.6 is 0 Å². The molecule has 7 nitrogen and oxygen atoms in total. The summed E-state index contributed by atoms with van der Waals surface area (Å²) >= 11 is 0. The van der Waals surface area contributed by atoms with Gasteiger partial charge in [-0.1, -0.05) is 30.3 Å². The first kappa shape index (κ1) is 20.3. The fourth-order valence-corrected chi connectivity index (χ4v) is 3.54. The number of benzene rings is 2. The van der Waals surface area contributed by atoms with Gasteiger partial charge in [0.05, 0.1) is 28.3 Å². The van der Waals surface area contributed by atoms with Gasteiger partial charge in [0, 0.05) is 18.9 Å². The van der Waals surface area contributed by atoms with Gasteiger partial charge in [-0.2, -0.15) is 10.2 Å². The van der Waals surface area contributed by atoms with E-state index < -0.39 is 11.7 Å². The number of nitrogens with zero attached hydrogens (tertiary/aromatic N) is 4. The fourth-order valence-electron chi connectivity index (χ4n) is 3.54. The van der Waals surface area contributed by atoms with E-state index in [0.717, 1.165) is 16.9 Å². The molecule has 4 rings (SSSR count). The molecule has 0 fully saturated rings.